The lowest BCUT2D eigenvalue weighted by Crippen LogP contribution is -2.53. The van der Waals surface area contributed by atoms with Crippen LogP contribution in [-0.4, -0.2) is 83.5 Å². The number of nitrogens with one attached hydrogen (secondary N) is 1. The van der Waals surface area contributed by atoms with Crippen LogP contribution in [0.1, 0.15) is 39.5 Å². The molecule has 3 heterocycles. The predicted molar refractivity (Wildman–Crippen MR) is 127 cm³/mol. The lowest BCUT2D eigenvalue weighted by molar-refractivity contribution is -0.129. The summed E-state index contributed by atoms with van der Waals surface area (Å²) in [5.41, 5.74) is 0. The zero-order valence-electron chi connectivity index (χ0n) is 17.6. The molecule has 1 aromatic heterocycles. The first kappa shape index (κ1) is 23.6. The van der Waals surface area contributed by atoms with Crippen molar-refractivity contribution in [1.82, 2.24) is 25.1 Å². The minimum Gasteiger partial charge on any atom is -0.357 e. The number of likely N-dealkylation sites (tertiary alicyclic amines) is 1. The van der Waals surface area contributed by atoms with Crippen molar-refractivity contribution in [1.29, 1.82) is 0 Å². The van der Waals surface area contributed by atoms with Crippen molar-refractivity contribution in [2.24, 2.45) is 4.99 Å². The molecule has 162 valence electrons. The van der Waals surface area contributed by atoms with Crippen molar-refractivity contribution in [3.8, 4) is 0 Å². The third-order valence-electron chi connectivity index (χ3n) is 5.50. The molecule has 2 aliphatic heterocycles. The summed E-state index contributed by atoms with van der Waals surface area (Å²) in [5.74, 6) is 2.07. The van der Waals surface area contributed by atoms with E-state index in [1.54, 1.807) is 12.4 Å². The maximum absolute atomic E-state index is 12.0. The number of aromatic nitrogens is 2. The van der Waals surface area contributed by atoms with Crippen LogP contribution < -0.4 is 10.2 Å². The third kappa shape index (κ3) is 6.42. The highest BCUT2D eigenvalue weighted by Gasteiger charge is 2.26. The van der Waals surface area contributed by atoms with Gasteiger partial charge >= 0.3 is 0 Å². The Kier molecular flexibility index (Phi) is 9.89. The van der Waals surface area contributed by atoms with Crippen LogP contribution in [0.15, 0.2) is 23.5 Å². The molecule has 29 heavy (non-hydrogen) atoms. The van der Waals surface area contributed by atoms with Crippen molar-refractivity contribution in [3.63, 3.8) is 0 Å². The number of hydrogen-bond acceptors (Lipinski definition) is 5. The van der Waals surface area contributed by atoms with Gasteiger partial charge in [0.25, 0.3) is 0 Å². The van der Waals surface area contributed by atoms with Gasteiger partial charge in [-0.25, -0.2) is 9.97 Å². The monoisotopic (exact) mass is 515 g/mol. The molecule has 0 aromatic carbocycles. The molecule has 0 spiro atoms. The quantitative estimate of drug-likeness (QED) is 0.340. The van der Waals surface area contributed by atoms with Gasteiger partial charge in [0, 0.05) is 70.7 Å². The van der Waals surface area contributed by atoms with E-state index in [1.165, 1.54) is 0 Å². The van der Waals surface area contributed by atoms with E-state index in [0.717, 1.165) is 77.0 Å². The van der Waals surface area contributed by atoms with Crippen LogP contribution in [0.2, 0.25) is 0 Å². The lowest BCUT2D eigenvalue weighted by Gasteiger charge is -2.36. The van der Waals surface area contributed by atoms with Crippen molar-refractivity contribution in [2.45, 2.75) is 45.6 Å². The number of nitrogens with zero attached hydrogens (tertiary/aromatic N) is 6. The van der Waals surface area contributed by atoms with E-state index in [1.807, 2.05) is 6.07 Å². The maximum atomic E-state index is 12.0. The molecule has 8 nitrogen and oxygen atoms in total. The number of halogens is 1. The number of piperazine rings is 1. The molecule has 2 saturated heterocycles. The van der Waals surface area contributed by atoms with Crippen LogP contribution in [-0.2, 0) is 4.79 Å². The van der Waals surface area contributed by atoms with Crippen molar-refractivity contribution in [2.75, 3.05) is 50.7 Å². The Morgan fingerprint density at radius 3 is 2.48 bits per heavy atom. The first-order chi connectivity index (χ1) is 13.7. The normalized spacial score (nSPS) is 18.6. The molecule has 0 radical (unpaired) electrons. The van der Waals surface area contributed by atoms with E-state index in [2.05, 4.69) is 43.8 Å². The predicted octanol–water partition coefficient (Wildman–Crippen LogP) is 1.97. The maximum Gasteiger partial charge on any atom is 0.225 e. The molecular weight excluding hydrogens is 481 g/mol. The first-order valence-electron chi connectivity index (χ1n) is 10.6. The minimum atomic E-state index is 0. The number of carbonyl (C=O) groups is 1. The molecule has 1 aromatic rings. The zero-order chi connectivity index (χ0) is 19.8. The van der Waals surface area contributed by atoms with E-state index >= 15 is 0 Å². The van der Waals surface area contributed by atoms with Gasteiger partial charge in [-0.3, -0.25) is 9.79 Å². The molecule has 1 N–H and O–H groups in total. The van der Waals surface area contributed by atoms with E-state index < -0.39 is 0 Å². The minimum absolute atomic E-state index is 0. The molecule has 1 atom stereocenters. The number of hydrogen-bond donors (Lipinski definition) is 1. The fourth-order valence-corrected chi connectivity index (χ4v) is 3.95. The topological polar surface area (TPSA) is 77.0 Å². The molecule has 2 fully saturated rings. The van der Waals surface area contributed by atoms with Crippen LogP contribution in [0.5, 0.6) is 0 Å². The van der Waals surface area contributed by atoms with Gasteiger partial charge in [-0.1, -0.05) is 6.92 Å². The summed E-state index contributed by atoms with van der Waals surface area (Å²) in [6, 6.07) is 2.16. The summed E-state index contributed by atoms with van der Waals surface area (Å²) in [5, 5.41) is 3.42. The second-order valence-electron chi connectivity index (χ2n) is 7.30. The number of guanidine groups is 1. The molecular formula is C20H34IN7O. The van der Waals surface area contributed by atoms with E-state index in [-0.39, 0.29) is 24.0 Å². The highest BCUT2D eigenvalue weighted by Crippen LogP contribution is 2.18. The van der Waals surface area contributed by atoms with Gasteiger partial charge in [0.1, 0.15) is 0 Å². The SMILES string of the molecule is CCNC(=NCCC(CC)N1CCCC1=O)N1CCN(c2ncccn2)CC1.I. The molecule has 0 bridgehead atoms. The average molecular weight is 515 g/mol. The summed E-state index contributed by atoms with van der Waals surface area (Å²) in [6.45, 7) is 10.3. The fraction of sp³-hybridized carbons (Fsp3) is 0.700. The largest absolute Gasteiger partial charge is 0.357 e. The Morgan fingerprint density at radius 1 is 1.17 bits per heavy atom. The Labute approximate surface area is 191 Å². The molecule has 0 saturated carbocycles. The Hall–Kier alpha value is -1.65. The van der Waals surface area contributed by atoms with Crippen molar-refractivity contribution >= 4 is 41.8 Å². The number of rotatable bonds is 7. The van der Waals surface area contributed by atoms with Crippen LogP contribution in [0.25, 0.3) is 0 Å². The highest BCUT2D eigenvalue weighted by molar-refractivity contribution is 14.0. The molecule has 1 unspecified atom stereocenters. The molecule has 0 aliphatic carbocycles. The second-order valence-corrected chi connectivity index (χ2v) is 7.30. The number of carbonyl (C=O) groups excluding carboxylic acids is 1. The van der Waals surface area contributed by atoms with Crippen LogP contribution in [0, 0.1) is 0 Å². The Bertz CT molecular complexity index is 649. The summed E-state index contributed by atoms with van der Waals surface area (Å²) >= 11 is 0. The highest BCUT2D eigenvalue weighted by atomic mass is 127. The van der Waals surface area contributed by atoms with Gasteiger partial charge in [0.2, 0.25) is 11.9 Å². The van der Waals surface area contributed by atoms with E-state index in [0.29, 0.717) is 18.4 Å². The summed E-state index contributed by atoms with van der Waals surface area (Å²) in [6.07, 6.45) is 7.20. The van der Waals surface area contributed by atoms with Gasteiger partial charge in [0.15, 0.2) is 5.96 Å². The molecule has 1 amide bonds. The second kappa shape index (κ2) is 12.1. The zero-order valence-corrected chi connectivity index (χ0v) is 19.9. The number of amides is 1. The first-order valence-corrected chi connectivity index (χ1v) is 10.6. The van der Waals surface area contributed by atoms with Crippen LogP contribution in [0.3, 0.4) is 0 Å². The average Bonchev–Trinajstić information content (AvgIpc) is 3.17. The fourth-order valence-electron chi connectivity index (χ4n) is 3.95. The third-order valence-corrected chi connectivity index (χ3v) is 5.50. The van der Waals surface area contributed by atoms with Gasteiger partial charge in [-0.2, -0.15) is 0 Å². The summed E-state index contributed by atoms with van der Waals surface area (Å²) < 4.78 is 0. The van der Waals surface area contributed by atoms with Crippen molar-refractivity contribution < 1.29 is 4.79 Å². The van der Waals surface area contributed by atoms with E-state index in [4.69, 9.17) is 4.99 Å². The van der Waals surface area contributed by atoms with Crippen LogP contribution >= 0.6 is 24.0 Å². The standard InChI is InChI=1S/C20H33N7O.HI/c1-3-17(27-12-5-7-18(27)28)8-11-24-19(21-4-2)25-13-15-26(16-14-25)20-22-9-6-10-23-20;/h6,9-10,17H,3-5,7-8,11-16H2,1-2H3,(H,21,24);1H. The summed E-state index contributed by atoms with van der Waals surface area (Å²) in [4.78, 5) is 32.2. The van der Waals surface area contributed by atoms with E-state index in [9.17, 15) is 4.79 Å². The molecule has 2 aliphatic rings. The Balaban J connectivity index is 0.00000300. The molecule has 3 rings (SSSR count). The van der Waals surface area contributed by atoms with Gasteiger partial charge < -0.3 is 20.0 Å². The number of aliphatic imine (C=N–C) groups is 1. The van der Waals surface area contributed by atoms with Gasteiger partial charge in [-0.05, 0) is 32.3 Å². The molecule has 9 heteroatoms. The van der Waals surface area contributed by atoms with Crippen molar-refractivity contribution in [3.05, 3.63) is 18.5 Å². The van der Waals surface area contributed by atoms with Crippen LogP contribution in [0.4, 0.5) is 5.95 Å². The summed E-state index contributed by atoms with van der Waals surface area (Å²) in [7, 11) is 0. The lowest BCUT2D eigenvalue weighted by atomic mass is 10.1. The smallest absolute Gasteiger partial charge is 0.225 e. The Morgan fingerprint density at radius 2 is 1.90 bits per heavy atom. The van der Waals surface area contributed by atoms with Gasteiger partial charge in [0.05, 0.1) is 0 Å². The number of anilines is 1. The van der Waals surface area contributed by atoms with Gasteiger partial charge in [-0.15, -0.1) is 24.0 Å².